The van der Waals surface area contributed by atoms with Gasteiger partial charge in [0.25, 0.3) is 0 Å². The summed E-state index contributed by atoms with van der Waals surface area (Å²) in [6, 6.07) is 20.1. The molecule has 1 aliphatic heterocycles. The first-order valence-electron chi connectivity index (χ1n) is 7.50. The summed E-state index contributed by atoms with van der Waals surface area (Å²) in [5.41, 5.74) is 3.95. The SMILES string of the molecule is c1ccc(-c2cccc(CNC3CCNCC3)c2)cc1. The molecule has 3 rings (SSSR count). The zero-order valence-corrected chi connectivity index (χ0v) is 11.8. The van der Waals surface area contributed by atoms with E-state index in [1.54, 1.807) is 0 Å². The van der Waals surface area contributed by atoms with Gasteiger partial charge >= 0.3 is 0 Å². The molecule has 2 nitrogen and oxygen atoms in total. The van der Waals surface area contributed by atoms with Crippen LogP contribution in [0.5, 0.6) is 0 Å². The van der Waals surface area contributed by atoms with E-state index in [2.05, 4.69) is 65.2 Å². The molecule has 1 fully saturated rings. The third-order valence-corrected chi connectivity index (χ3v) is 3.97. The molecule has 0 aliphatic carbocycles. The first-order chi connectivity index (χ1) is 9.92. The molecule has 0 unspecified atom stereocenters. The molecular formula is C18H22N2. The van der Waals surface area contributed by atoms with Crippen molar-refractivity contribution in [3.63, 3.8) is 0 Å². The van der Waals surface area contributed by atoms with E-state index in [9.17, 15) is 0 Å². The van der Waals surface area contributed by atoms with Gasteiger partial charge in [-0.1, -0.05) is 48.5 Å². The van der Waals surface area contributed by atoms with Crippen LogP contribution in [0.2, 0.25) is 0 Å². The minimum Gasteiger partial charge on any atom is -0.317 e. The summed E-state index contributed by atoms with van der Waals surface area (Å²) in [6.45, 7) is 3.24. The minimum absolute atomic E-state index is 0.664. The van der Waals surface area contributed by atoms with Gasteiger partial charge in [0.1, 0.15) is 0 Å². The molecule has 0 saturated carbocycles. The average Bonchev–Trinajstić information content (AvgIpc) is 2.55. The number of benzene rings is 2. The third-order valence-electron chi connectivity index (χ3n) is 3.97. The molecule has 0 spiro atoms. The van der Waals surface area contributed by atoms with Gasteiger partial charge < -0.3 is 10.6 Å². The van der Waals surface area contributed by atoms with Gasteiger partial charge in [0.2, 0.25) is 0 Å². The van der Waals surface area contributed by atoms with E-state index in [1.165, 1.54) is 29.5 Å². The third kappa shape index (κ3) is 3.47. The number of nitrogens with one attached hydrogen (secondary N) is 2. The van der Waals surface area contributed by atoms with E-state index in [0.717, 1.165) is 19.6 Å². The fraction of sp³-hybridized carbons (Fsp3) is 0.333. The van der Waals surface area contributed by atoms with E-state index < -0.39 is 0 Å². The van der Waals surface area contributed by atoms with Gasteiger partial charge in [-0.3, -0.25) is 0 Å². The number of rotatable bonds is 4. The van der Waals surface area contributed by atoms with Gasteiger partial charge in [0.05, 0.1) is 0 Å². The second kappa shape index (κ2) is 6.69. The summed E-state index contributed by atoms with van der Waals surface area (Å²) in [6.07, 6.45) is 2.47. The lowest BCUT2D eigenvalue weighted by molar-refractivity contribution is 0.386. The Kier molecular flexibility index (Phi) is 4.46. The predicted molar refractivity (Wildman–Crippen MR) is 84.6 cm³/mol. The summed E-state index contributed by atoms with van der Waals surface area (Å²) < 4.78 is 0. The molecule has 2 aromatic rings. The molecule has 0 atom stereocenters. The molecule has 0 aromatic heterocycles. The Morgan fingerprint density at radius 2 is 1.65 bits per heavy atom. The molecule has 2 heteroatoms. The van der Waals surface area contributed by atoms with Gasteiger partial charge in [0.15, 0.2) is 0 Å². The second-order valence-electron chi connectivity index (χ2n) is 5.47. The fourth-order valence-electron chi connectivity index (χ4n) is 2.78. The highest BCUT2D eigenvalue weighted by Crippen LogP contribution is 2.20. The maximum atomic E-state index is 3.68. The van der Waals surface area contributed by atoms with Crippen LogP contribution in [-0.2, 0) is 6.54 Å². The maximum Gasteiger partial charge on any atom is 0.0208 e. The van der Waals surface area contributed by atoms with E-state index >= 15 is 0 Å². The van der Waals surface area contributed by atoms with Crippen molar-refractivity contribution in [3.8, 4) is 11.1 Å². The molecule has 0 amide bonds. The van der Waals surface area contributed by atoms with Crippen LogP contribution in [0, 0.1) is 0 Å². The van der Waals surface area contributed by atoms with Crippen LogP contribution in [0.25, 0.3) is 11.1 Å². The first kappa shape index (κ1) is 13.3. The number of hydrogen-bond donors (Lipinski definition) is 2. The van der Waals surface area contributed by atoms with Crippen molar-refractivity contribution in [1.82, 2.24) is 10.6 Å². The van der Waals surface area contributed by atoms with E-state index in [0.29, 0.717) is 6.04 Å². The van der Waals surface area contributed by atoms with Crippen molar-refractivity contribution >= 4 is 0 Å². The molecule has 0 radical (unpaired) electrons. The molecule has 1 aliphatic rings. The Balaban J connectivity index is 1.65. The average molecular weight is 266 g/mol. The lowest BCUT2D eigenvalue weighted by Crippen LogP contribution is -2.39. The topological polar surface area (TPSA) is 24.1 Å². The number of piperidine rings is 1. The van der Waals surface area contributed by atoms with Crippen molar-refractivity contribution in [2.24, 2.45) is 0 Å². The molecular weight excluding hydrogens is 244 g/mol. The molecule has 104 valence electrons. The predicted octanol–water partition coefficient (Wildman–Crippen LogP) is 3.20. The highest BCUT2D eigenvalue weighted by Gasteiger charge is 2.11. The largest absolute Gasteiger partial charge is 0.317 e. The highest BCUT2D eigenvalue weighted by atomic mass is 15.0. The van der Waals surface area contributed by atoms with Gasteiger partial charge in [-0.05, 0) is 48.7 Å². The molecule has 1 heterocycles. The molecule has 1 saturated heterocycles. The van der Waals surface area contributed by atoms with E-state index in [4.69, 9.17) is 0 Å². The van der Waals surface area contributed by atoms with Crippen molar-refractivity contribution in [3.05, 3.63) is 60.2 Å². The monoisotopic (exact) mass is 266 g/mol. The molecule has 2 N–H and O–H groups in total. The van der Waals surface area contributed by atoms with Gasteiger partial charge in [-0.25, -0.2) is 0 Å². The lowest BCUT2D eigenvalue weighted by Gasteiger charge is -2.23. The van der Waals surface area contributed by atoms with Gasteiger partial charge in [-0.2, -0.15) is 0 Å². The van der Waals surface area contributed by atoms with Crippen LogP contribution >= 0.6 is 0 Å². The lowest BCUT2D eigenvalue weighted by atomic mass is 10.0. The van der Waals surface area contributed by atoms with Crippen LogP contribution in [0.4, 0.5) is 0 Å². The summed E-state index contributed by atoms with van der Waals surface area (Å²) in [5, 5.41) is 7.08. The normalized spacial score (nSPS) is 16.2. The Labute approximate surface area is 121 Å². The summed E-state index contributed by atoms with van der Waals surface area (Å²) in [4.78, 5) is 0. The zero-order valence-electron chi connectivity index (χ0n) is 11.8. The Bertz CT molecular complexity index is 530. The van der Waals surface area contributed by atoms with Crippen LogP contribution < -0.4 is 10.6 Å². The van der Waals surface area contributed by atoms with E-state index in [-0.39, 0.29) is 0 Å². The van der Waals surface area contributed by atoms with Crippen molar-refractivity contribution < 1.29 is 0 Å². The Morgan fingerprint density at radius 3 is 2.45 bits per heavy atom. The number of hydrogen-bond acceptors (Lipinski definition) is 2. The van der Waals surface area contributed by atoms with Crippen molar-refractivity contribution in [2.75, 3.05) is 13.1 Å². The molecule has 20 heavy (non-hydrogen) atoms. The van der Waals surface area contributed by atoms with E-state index in [1.807, 2.05) is 0 Å². The van der Waals surface area contributed by atoms with Crippen LogP contribution in [0.1, 0.15) is 18.4 Å². The quantitative estimate of drug-likeness (QED) is 0.888. The van der Waals surface area contributed by atoms with Crippen LogP contribution in [0.15, 0.2) is 54.6 Å². The van der Waals surface area contributed by atoms with Crippen LogP contribution in [0.3, 0.4) is 0 Å². The smallest absolute Gasteiger partial charge is 0.0208 e. The standard InChI is InChI=1S/C18H22N2/c1-2-6-16(7-3-1)17-8-4-5-15(13-17)14-20-18-9-11-19-12-10-18/h1-8,13,18-20H,9-12,14H2. The van der Waals surface area contributed by atoms with Crippen molar-refractivity contribution in [1.29, 1.82) is 0 Å². The Morgan fingerprint density at radius 1 is 0.900 bits per heavy atom. The van der Waals surface area contributed by atoms with Crippen LogP contribution in [-0.4, -0.2) is 19.1 Å². The summed E-state index contributed by atoms with van der Waals surface area (Å²) >= 11 is 0. The second-order valence-corrected chi connectivity index (χ2v) is 5.47. The van der Waals surface area contributed by atoms with Crippen molar-refractivity contribution in [2.45, 2.75) is 25.4 Å². The summed E-state index contributed by atoms with van der Waals surface area (Å²) in [7, 11) is 0. The summed E-state index contributed by atoms with van der Waals surface area (Å²) in [5.74, 6) is 0. The molecule has 2 aromatic carbocycles. The Hall–Kier alpha value is -1.64. The fourth-order valence-corrected chi connectivity index (χ4v) is 2.78. The highest BCUT2D eigenvalue weighted by molar-refractivity contribution is 5.63. The maximum absolute atomic E-state index is 3.68. The first-order valence-corrected chi connectivity index (χ1v) is 7.50. The van der Waals surface area contributed by atoms with Gasteiger partial charge in [-0.15, -0.1) is 0 Å². The molecule has 0 bridgehead atoms. The minimum atomic E-state index is 0.664. The zero-order chi connectivity index (χ0) is 13.6. The van der Waals surface area contributed by atoms with Gasteiger partial charge in [0, 0.05) is 12.6 Å².